The van der Waals surface area contributed by atoms with Gasteiger partial charge in [-0.2, -0.15) is 5.10 Å². The Bertz CT molecular complexity index is 1010. The zero-order valence-electron chi connectivity index (χ0n) is 14.9. The van der Waals surface area contributed by atoms with E-state index in [2.05, 4.69) is 47.4 Å². The molecule has 1 amide bonds. The summed E-state index contributed by atoms with van der Waals surface area (Å²) in [5.74, 6) is 1.26. The zero-order valence-corrected chi connectivity index (χ0v) is 18.9. The predicted molar refractivity (Wildman–Crippen MR) is 120 cm³/mol. The number of methoxy groups -OCH3 is 2. The molecule has 9 heteroatoms. The molecule has 6 nitrogen and oxygen atoms in total. The molecule has 0 atom stereocenters. The predicted octanol–water partition coefficient (Wildman–Crippen LogP) is 4.82. The number of thioether (sulfide) groups is 1. The van der Waals surface area contributed by atoms with Gasteiger partial charge in [-0.1, -0.05) is 6.07 Å². The number of hydrogen-bond acceptors (Lipinski definition) is 6. The molecule has 0 radical (unpaired) electrons. The Kier molecular flexibility index (Phi) is 6.93. The number of halogens is 2. The lowest BCUT2D eigenvalue weighted by Gasteiger charge is -2.03. The Hall–Kier alpha value is -2.10. The van der Waals surface area contributed by atoms with Gasteiger partial charge >= 0.3 is 0 Å². The van der Waals surface area contributed by atoms with Gasteiger partial charge in [-0.15, -0.1) is 5.10 Å². The number of benzene rings is 2. The summed E-state index contributed by atoms with van der Waals surface area (Å²) >= 11 is 8.10. The summed E-state index contributed by atoms with van der Waals surface area (Å²) in [7, 11) is 3.21. The van der Waals surface area contributed by atoms with Crippen LogP contribution in [0.5, 0.6) is 11.5 Å². The van der Waals surface area contributed by atoms with Crippen molar-refractivity contribution >= 4 is 67.0 Å². The van der Waals surface area contributed by atoms with Crippen LogP contribution in [-0.2, 0) is 4.79 Å². The number of rotatable bonds is 5. The van der Waals surface area contributed by atoms with Crippen molar-refractivity contribution in [2.75, 3.05) is 14.2 Å². The van der Waals surface area contributed by atoms with E-state index in [-0.39, 0.29) is 5.91 Å². The van der Waals surface area contributed by atoms with Gasteiger partial charge in [0.15, 0.2) is 5.17 Å². The number of nitrogens with zero attached hydrogens (tertiary/aromatic N) is 2. The second-order valence-corrected chi connectivity index (χ2v) is 8.24. The maximum Gasteiger partial charge on any atom is 0.264 e. The molecule has 1 heterocycles. The molecule has 0 unspecified atom stereocenters. The highest BCUT2D eigenvalue weighted by Crippen LogP contribution is 2.30. The smallest absolute Gasteiger partial charge is 0.264 e. The first kappa shape index (κ1) is 20.6. The van der Waals surface area contributed by atoms with E-state index < -0.39 is 0 Å². The summed E-state index contributed by atoms with van der Waals surface area (Å²) < 4.78 is 12.0. The van der Waals surface area contributed by atoms with Gasteiger partial charge in [0.05, 0.1) is 34.3 Å². The molecule has 1 fully saturated rings. The van der Waals surface area contributed by atoms with Crippen molar-refractivity contribution in [3.63, 3.8) is 0 Å². The number of hydrogen-bond donors (Lipinski definition) is 1. The molecule has 1 saturated heterocycles. The van der Waals surface area contributed by atoms with E-state index in [1.165, 1.54) is 11.8 Å². The molecule has 2 aromatic rings. The lowest BCUT2D eigenvalue weighted by molar-refractivity contribution is -0.115. The lowest BCUT2D eigenvalue weighted by Crippen LogP contribution is -2.19. The van der Waals surface area contributed by atoms with Gasteiger partial charge in [0.25, 0.3) is 5.91 Å². The van der Waals surface area contributed by atoms with Crippen LogP contribution in [0.4, 0.5) is 0 Å². The van der Waals surface area contributed by atoms with Crippen molar-refractivity contribution < 1.29 is 14.3 Å². The minimum Gasteiger partial charge on any atom is -0.496 e. The molecule has 0 saturated carbocycles. The minimum absolute atomic E-state index is 0.210. The molecule has 144 valence electrons. The van der Waals surface area contributed by atoms with Crippen LogP contribution in [0.15, 0.2) is 60.5 Å². The van der Waals surface area contributed by atoms with Crippen LogP contribution in [0, 0.1) is 0 Å². The standard InChI is InChI=1S/C19H15Br2N3O3S/c1-26-15-5-3-11(7-13(15)20)9-17-18(25)23-19(28-17)24-22-10-12-4-6-16(27-2)14(21)8-12/h3-10H,1-2H3,(H,23,24,25). The number of ether oxygens (including phenoxy) is 2. The topological polar surface area (TPSA) is 72.3 Å². The van der Waals surface area contributed by atoms with Crippen LogP contribution >= 0.6 is 43.6 Å². The largest absolute Gasteiger partial charge is 0.496 e. The second-order valence-electron chi connectivity index (χ2n) is 5.50. The fourth-order valence-corrected chi connectivity index (χ4v) is 4.21. The fourth-order valence-electron chi connectivity index (χ4n) is 2.31. The summed E-state index contributed by atoms with van der Waals surface area (Å²) in [5, 5.41) is 11.3. The highest BCUT2D eigenvalue weighted by molar-refractivity contribution is 9.10. The van der Waals surface area contributed by atoms with E-state index in [1.807, 2.05) is 36.4 Å². The van der Waals surface area contributed by atoms with Crippen LogP contribution in [0.2, 0.25) is 0 Å². The fraction of sp³-hybridized carbons (Fsp3) is 0.105. The van der Waals surface area contributed by atoms with E-state index in [9.17, 15) is 4.79 Å². The van der Waals surface area contributed by atoms with Crippen LogP contribution in [-0.4, -0.2) is 31.5 Å². The molecule has 28 heavy (non-hydrogen) atoms. The van der Waals surface area contributed by atoms with Crippen LogP contribution in [0.1, 0.15) is 11.1 Å². The molecule has 1 N–H and O–H groups in total. The van der Waals surface area contributed by atoms with Crippen LogP contribution in [0.3, 0.4) is 0 Å². The maximum atomic E-state index is 12.2. The third-order valence-electron chi connectivity index (χ3n) is 3.66. The molecule has 1 aliphatic heterocycles. The normalized spacial score (nSPS) is 16.8. The first-order chi connectivity index (χ1) is 13.5. The Labute approximate surface area is 183 Å². The third-order valence-corrected chi connectivity index (χ3v) is 5.80. The van der Waals surface area contributed by atoms with Gasteiger partial charge in [-0.25, -0.2) is 0 Å². The second kappa shape index (κ2) is 9.40. The van der Waals surface area contributed by atoms with Gasteiger partial charge < -0.3 is 9.47 Å². The minimum atomic E-state index is -0.210. The van der Waals surface area contributed by atoms with E-state index >= 15 is 0 Å². The number of amidine groups is 1. The van der Waals surface area contributed by atoms with E-state index in [1.54, 1.807) is 26.5 Å². The lowest BCUT2D eigenvalue weighted by atomic mass is 10.2. The highest BCUT2D eigenvalue weighted by atomic mass is 79.9. The summed E-state index contributed by atoms with van der Waals surface area (Å²) in [4.78, 5) is 12.7. The third kappa shape index (κ3) is 5.03. The molecular weight excluding hydrogens is 510 g/mol. The van der Waals surface area contributed by atoms with Gasteiger partial charge in [-0.3, -0.25) is 10.1 Å². The highest BCUT2D eigenvalue weighted by Gasteiger charge is 2.23. The van der Waals surface area contributed by atoms with Crippen molar-refractivity contribution in [1.29, 1.82) is 0 Å². The number of carbonyl (C=O) groups excluding carboxylic acids is 1. The Balaban J connectivity index is 1.71. The van der Waals surface area contributed by atoms with E-state index in [0.29, 0.717) is 10.1 Å². The van der Waals surface area contributed by atoms with Gasteiger partial charge in [0.2, 0.25) is 0 Å². The monoisotopic (exact) mass is 523 g/mol. The molecule has 0 bridgehead atoms. The molecule has 3 rings (SSSR count). The summed E-state index contributed by atoms with van der Waals surface area (Å²) in [6.07, 6.45) is 3.39. The molecule has 1 aliphatic rings. The van der Waals surface area contributed by atoms with E-state index in [4.69, 9.17) is 9.47 Å². The van der Waals surface area contributed by atoms with Gasteiger partial charge in [0, 0.05) is 0 Å². The Morgan fingerprint density at radius 3 is 2.21 bits per heavy atom. The summed E-state index contributed by atoms with van der Waals surface area (Å²) in [6, 6.07) is 11.2. The quantitative estimate of drug-likeness (QED) is 0.345. The van der Waals surface area contributed by atoms with Crippen molar-refractivity contribution in [2.24, 2.45) is 10.2 Å². The number of nitrogens with one attached hydrogen (secondary N) is 1. The molecule has 0 aliphatic carbocycles. The summed E-state index contributed by atoms with van der Waals surface area (Å²) in [5.41, 5.74) is 1.73. The number of carbonyl (C=O) groups is 1. The van der Waals surface area contributed by atoms with Crippen LogP contribution < -0.4 is 14.8 Å². The van der Waals surface area contributed by atoms with Crippen molar-refractivity contribution in [3.8, 4) is 11.5 Å². The van der Waals surface area contributed by atoms with Gasteiger partial charge in [0.1, 0.15) is 11.5 Å². The average molecular weight is 525 g/mol. The van der Waals surface area contributed by atoms with Crippen molar-refractivity contribution in [3.05, 3.63) is 61.4 Å². The summed E-state index contributed by atoms with van der Waals surface area (Å²) in [6.45, 7) is 0. The molecule has 0 spiro atoms. The van der Waals surface area contributed by atoms with Crippen molar-refractivity contribution in [2.45, 2.75) is 0 Å². The first-order valence-electron chi connectivity index (χ1n) is 7.99. The molecule has 0 aromatic heterocycles. The average Bonchev–Trinajstić information content (AvgIpc) is 3.01. The Morgan fingerprint density at radius 2 is 1.61 bits per heavy atom. The first-order valence-corrected chi connectivity index (χ1v) is 10.4. The van der Waals surface area contributed by atoms with E-state index in [0.717, 1.165) is 31.6 Å². The van der Waals surface area contributed by atoms with Crippen LogP contribution in [0.25, 0.3) is 6.08 Å². The Morgan fingerprint density at radius 1 is 1.00 bits per heavy atom. The maximum absolute atomic E-state index is 12.2. The molecular formula is C19H15Br2N3O3S. The SMILES string of the molecule is COc1ccc(C=N/N=C2\NC(=O)C(=Cc3ccc(OC)c(Br)c3)S2)cc1Br. The van der Waals surface area contributed by atoms with Crippen molar-refractivity contribution in [1.82, 2.24) is 5.32 Å². The van der Waals surface area contributed by atoms with Gasteiger partial charge in [-0.05, 0) is 91.2 Å². The zero-order chi connectivity index (χ0) is 20.1. The molecule has 2 aromatic carbocycles. The number of amides is 1.